The van der Waals surface area contributed by atoms with Crippen molar-refractivity contribution in [3.05, 3.63) is 176 Å². The van der Waals surface area contributed by atoms with Crippen LogP contribution < -0.4 is 4.74 Å². The highest BCUT2D eigenvalue weighted by Crippen LogP contribution is 2.20. The zero-order valence-corrected chi connectivity index (χ0v) is 33.8. The van der Waals surface area contributed by atoms with Gasteiger partial charge >= 0.3 is 11.9 Å². The van der Waals surface area contributed by atoms with Gasteiger partial charge in [0.15, 0.2) is 0 Å². The fourth-order valence-electron chi connectivity index (χ4n) is 4.81. The van der Waals surface area contributed by atoms with Gasteiger partial charge in [0.1, 0.15) is 12.4 Å². The van der Waals surface area contributed by atoms with E-state index in [9.17, 15) is 9.59 Å². The van der Waals surface area contributed by atoms with Crippen LogP contribution in [-0.4, -0.2) is 11.9 Å². The predicted octanol–water partition coefficient (Wildman–Crippen LogP) is 14.6. The van der Waals surface area contributed by atoms with Gasteiger partial charge in [-0.1, -0.05) is 178 Å². The molecule has 1 aromatic rings. The van der Waals surface area contributed by atoms with Gasteiger partial charge in [0.25, 0.3) is 0 Å². The number of benzene rings is 1. The van der Waals surface area contributed by atoms with E-state index in [-0.39, 0.29) is 25.0 Å². The topological polar surface area (TPSA) is 52.6 Å². The second kappa shape index (κ2) is 38.8. The Kier molecular flexibility index (Phi) is 33.9. The van der Waals surface area contributed by atoms with E-state index in [1.54, 1.807) is 12.1 Å². The van der Waals surface area contributed by atoms with Crippen molar-refractivity contribution in [3.8, 4) is 5.75 Å². The Hall–Kier alpha value is -4.96. The molecule has 0 fully saturated rings. The molecule has 0 unspecified atom stereocenters. The number of para-hydroxylation sites is 1. The Labute approximate surface area is 334 Å². The van der Waals surface area contributed by atoms with Crippen LogP contribution in [0.4, 0.5) is 0 Å². The number of ether oxygens (including phenoxy) is 2. The number of carbonyl (C=O) groups excluding carboxylic acids is 2. The number of hydrogen-bond acceptors (Lipinski definition) is 4. The van der Waals surface area contributed by atoms with Crippen molar-refractivity contribution < 1.29 is 19.1 Å². The van der Waals surface area contributed by atoms with Gasteiger partial charge in [0, 0.05) is 18.4 Å². The van der Waals surface area contributed by atoms with E-state index in [1.807, 2.05) is 24.3 Å². The Balaban J connectivity index is 2.16. The molecule has 0 aliphatic heterocycles. The number of allylic oxidation sites excluding steroid dienone is 24. The van der Waals surface area contributed by atoms with Crippen molar-refractivity contribution in [3.63, 3.8) is 0 Å². The van der Waals surface area contributed by atoms with Crippen LogP contribution in [0.15, 0.2) is 170 Å². The van der Waals surface area contributed by atoms with Crippen molar-refractivity contribution in [2.24, 2.45) is 0 Å². The Morgan fingerprint density at radius 2 is 0.727 bits per heavy atom. The Bertz CT molecular complexity index is 1490. The van der Waals surface area contributed by atoms with Crippen LogP contribution >= 0.6 is 0 Å². The molecule has 1 rings (SSSR count). The van der Waals surface area contributed by atoms with E-state index in [4.69, 9.17) is 9.47 Å². The SMILES string of the molecule is CC/C=C\C/C=C\C/C=C\C/C=C\C/C=C\C/C=C\CCC(=O)OCc1ccccc1OC(=O)CC/C=C\C/C=C\C/C=C\C/C=C\C/C=C\C/C=C\CC. The molecule has 4 heteroatoms. The third kappa shape index (κ3) is 33.4. The summed E-state index contributed by atoms with van der Waals surface area (Å²) < 4.78 is 11.1. The van der Waals surface area contributed by atoms with Crippen molar-refractivity contribution >= 4 is 11.9 Å². The first-order valence-corrected chi connectivity index (χ1v) is 20.4. The first kappa shape index (κ1) is 48.1. The molecule has 0 heterocycles. The monoisotopic (exact) mass is 745 g/mol. The maximum atomic E-state index is 12.5. The molecule has 0 saturated carbocycles. The highest BCUT2D eigenvalue weighted by Gasteiger charge is 2.10. The molecule has 0 spiro atoms. The largest absolute Gasteiger partial charge is 0.461 e. The molecular weight excluding hydrogens is 677 g/mol. The minimum Gasteiger partial charge on any atom is -0.461 e. The van der Waals surface area contributed by atoms with E-state index in [0.29, 0.717) is 30.6 Å². The fourth-order valence-corrected chi connectivity index (χ4v) is 4.81. The molecule has 0 N–H and O–H groups in total. The standard InChI is InChI=1S/C51H68O4/c1-3-5-7-9-11-13-15-17-19-21-23-25-27-29-31-33-35-37-39-45-50(52)54-47-48-43-41-42-44-49(48)55-51(53)46-40-38-36-34-32-30-28-26-24-22-20-18-16-14-12-10-8-6-4-2/h5-8,11-14,17-20,23-26,29-32,35-38,41-44H,3-4,9-10,15-16,21-22,27-28,33-34,39-40,45-47H2,1-2H3/b7-5-,8-6-,13-11-,14-12-,19-17-,20-18-,25-23-,26-24-,31-29-,32-30-,37-35-,38-36-. The van der Waals surface area contributed by atoms with Crippen molar-refractivity contribution in [2.75, 3.05) is 0 Å². The van der Waals surface area contributed by atoms with Crippen LogP contribution in [0, 0.1) is 0 Å². The maximum Gasteiger partial charge on any atom is 0.311 e. The van der Waals surface area contributed by atoms with E-state index < -0.39 is 0 Å². The summed E-state index contributed by atoms with van der Waals surface area (Å²) in [5.41, 5.74) is 0.673. The summed E-state index contributed by atoms with van der Waals surface area (Å²) in [7, 11) is 0. The summed E-state index contributed by atoms with van der Waals surface area (Å²) in [6.45, 7) is 4.37. The lowest BCUT2D eigenvalue weighted by Gasteiger charge is -2.10. The van der Waals surface area contributed by atoms with Gasteiger partial charge in [0.2, 0.25) is 0 Å². The zero-order valence-electron chi connectivity index (χ0n) is 33.8. The number of hydrogen-bond donors (Lipinski definition) is 0. The molecule has 55 heavy (non-hydrogen) atoms. The van der Waals surface area contributed by atoms with Gasteiger partial charge in [-0.2, -0.15) is 0 Å². The minimum atomic E-state index is -0.309. The van der Waals surface area contributed by atoms with Gasteiger partial charge in [-0.3, -0.25) is 9.59 Å². The summed E-state index contributed by atoms with van der Waals surface area (Å²) in [5.74, 6) is -0.158. The highest BCUT2D eigenvalue weighted by molar-refractivity contribution is 5.73. The lowest BCUT2D eigenvalue weighted by Crippen LogP contribution is -2.10. The Morgan fingerprint density at radius 1 is 0.418 bits per heavy atom. The van der Waals surface area contributed by atoms with Crippen LogP contribution in [0.2, 0.25) is 0 Å². The number of rotatable bonds is 31. The van der Waals surface area contributed by atoms with Crippen LogP contribution in [0.3, 0.4) is 0 Å². The Morgan fingerprint density at radius 3 is 1.09 bits per heavy atom. The molecule has 296 valence electrons. The summed E-state index contributed by atoms with van der Waals surface area (Å²) >= 11 is 0. The van der Waals surface area contributed by atoms with Crippen molar-refractivity contribution in [1.82, 2.24) is 0 Å². The maximum absolute atomic E-state index is 12.5. The van der Waals surface area contributed by atoms with Crippen molar-refractivity contribution in [2.45, 2.75) is 123 Å². The van der Waals surface area contributed by atoms with Crippen molar-refractivity contribution in [1.29, 1.82) is 0 Å². The van der Waals surface area contributed by atoms with Crippen LogP contribution in [0.5, 0.6) is 5.75 Å². The van der Waals surface area contributed by atoms with Gasteiger partial charge in [-0.25, -0.2) is 0 Å². The second-order valence-corrected chi connectivity index (χ2v) is 12.7. The van der Waals surface area contributed by atoms with Crippen LogP contribution in [-0.2, 0) is 20.9 Å². The van der Waals surface area contributed by atoms with E-state index >= 15 is 0 Å². The van der Waals surface area contributed by atoms with E-state index in [2.05, 4.69) is 148 Å². The molecule has 4 nitrogen and oxygen atoms in total. The molecule has 0 amide bonds. The average molecular weight is 745 g/mol. The van der Waals surface area contributed by atoms with Gasteiger partial charge < -0.3 is 9.47 Å². The molecule has 1 aromatic carbocycles. The smallest absolute Gasteiger partial charge is 0.311 e. The average Bonchev–Trinajstić information content (AvgIpc) is 3.19. The van der Waals surface area contributed by atoms with Crippen LogP contribution in [0.1, 0.15) is 122 Å². The lowest BCUT2D eigenvalue weighted by molar-refractivity contribution is -0.144. The molecule has 0 aliphatic rings. The third-order valence-electron chi connectivity index (χ3n) is 7.81. The summed E-state index contributed by atoms with van der Waals surface area (Å²) in [5, 5.41) is 0. The summed E-state index contributed by atoms with van der Waals surface area (Å²) in [6, 6.07) is 7.19. The normalized spacial score (nSPS) is 13.1. The molecule has 0 aliphatic carbocycles. The third-order valence-corrected chi connectivity index (χ3v) is 7.81. The fraction of sp³-hybridized carbons (Fsp3) is 0.373. The van der Waals surface area contributed by atoms with Gasteiger partial charge in [-0.05, 0) is 96.0 Å². The summed E-state index contributed by atoms with van der Waals surface area (Å²) in [4.78, 5) is 24.8. The second-order valence-electron chi connectivity index (χ2n) is 12.7. The van der Waals surface area contributed by atoms with Gasteiger partial charge in [-0.15, -0.1) is 0 Å². The quantitative estimate of drug-likeness (QED) is 0.0431. The first-order chi connectivity index (χ1) is 27.2. The lowest BCUT2D eigenvalue weighted by atomic mass is 10.2. The molecule has 0 aromatic heterocycles. The predicted molar refractivity (Wildman–Crippen MR) is 237 cm³/mol. The zero-order chi connectivity index (χ0) is 39.5. The van der Waals surface area contributed by atoms with Crippen LogP contribution in [0.25, 0.3) is 0 Å². The molecule has 0 bridgehead atoms. The molecule has 0 radical (unpaired) electrons. The summed E-state index contributed by atoms with van der Waals surface area (Å²) in [6.07, 6.45) is 65.3. The molecular formula is C51H68O4. The molecule has 0 atom stereocenters. The number of carbonyl (C=O) groups is 2. The number of esters is 2. The minimum absolute atomic E-state index is 0.0686. The molecule has 0 saturated heterocycles. The van der Waals surface area contributed by atoms with E-state index in [0.717, 1.165) is 77.0 Å². The van der Waals surface area contributed by atoms with Gasteiger partial charge in [0.05, 0.1) is 0 Å². The first-order valence-electron chi connectivity index (χ1n) is 20.4. The highest BCUT2D eigenvalue weighted by atomic mass is 16.5. The van der Waals surface area contributed by atoms with E-state index in [1.165, 1.54) is 0 Å².